The van der Waals surface area contributed by atoms with Crippen LogP contribution in [-0.2, 0) is 4.79 Å². The van der Waals surface area contributed by atoms with Crippen LogP contribution in [0, 0.1) is 6.92 Å². The number of hydrogen-bond acceptors (Lipinski definition) is 3. The third-order valence-electron chi connectivity index (χ3n) is 1.39. The fourth-order valence-corrected chi connectivity index (χ4v) is 1.50. The van der Waals surface area contributed by atoms with E-state index in [0.29, 0.717) is 5.56 Å². The van der Waals surface area contributed by atoms with Crippen molar-refractivity contribution < 1.29 is 14.7 Å². The van der Waals surface area contributed by atoms with E-state index in [1.165, 1.54) is 11.3 Å². The van der Waals surface area contributed by atoms with Gasteiger partial charge in [0.05, 0.1) is 5.56 Å². The lowest BCUT2D eigenvalue weighted by Gasteiger charge is -1.97. The van der Waals surface area contributed by atoms with Crippen molar-refractivity contribution in [1.82, 2.24) is 5.32 Å². The quantitative estimate of drug-likeness (QED) is 0.759. The Labute approximate surface area is 79.2 Å². The van der Waals surface area contributed by atoms with Crippen LogP contribution in [0.3, 0.4) is 0 Å². The molecule has 70 valence electrons. The van der Waals surface area contributed by atoms with Gasteiger partial charge in [-0.25, -0.2) is 0 Å². The molecule has 0 radical (unpaired) electrons. The number of hydrogen-bond donors (Lipinski definition) is 2. The molecule has 1 amide bonds. The van der Waals surface area contributed by atoms with Gasteiger partial charge in [-0.1, -0.05) is 0 Å². The standard InChI is InChI=1S/C8H9NO3S/c1-5-2-6(4-13-5)8(12)9-3-7(10)11/h2,4H,3H2,1H3,(H,9,12)(H,10,11). The van der Waals surface area contributed by atoms with Gasteiger partial charge in [0.1, 0.15) is 6.54 Å². The second-order valence-electron chi connectivity index (χ2n) is 2.52. The maximum Gasteiger partial charge on any atom is 0.322 e. The normalized spacial score (nSPS) is 9.62. The Hall–Kier alpha value is -1.36. The number of aliphatic carboxylic acids is 1. The molecule has 0 saturated heterocycles. The molecular formula is C8H9NO3S. The highest BCUT2D eigenvalue weighted by molar-refractivity contribution is 7.10. The Morgan fingerprint density at radius 2 is 2.31 bits per heavy atom. The summed E-state index contributed by atoms with van der Waals surface area (Å²) >= 11 is 1.46. The molecular weight excluding hydrogens is 190 g/mol. The number of carbonyl (C=O) groups excluding carboxylic acids is 1. The van der Waals surface area contributed by atoms with Crippen molar-refractivity contribution in [2.24, 2.45) is 0 Å². The van der Waals surface area contributed by atoms with Crippen molar-refractivity contribution in [3.63, 3.8) is 0 Å². The van der Waals surface area contributed by atoms with Crippen LogP contribution in [0.25, 0.3) is 0 Å². The van der Waals surface area contributed by atoms with Gasteiger partial charge in [-0.05, 0) is 13.0 Å². The number of thiophene rings is 1. The highest BCUT2D eigenvalue weighted by atomic mass is 32.1. The minimum atomic E-state index is -1.04. The Kier molecular flexibility index (Phi) is 3.02. The van der Waals surface area contributed by atoms with Gasteiger partial charge in [-0.2, -0.15) is 0 Å². The molecule has 0 unspecified atom stereocenters. The summed E-state index contributed by atoms with van der Waals surface area (Å²) < 4.78 is 0. The lowest BCUT2D eigenvalue weighted by atomic mass is 10.3. The predicted octanol–water partition coefficient (Wildman–Crippen LogP) is 0.871. The summed E-state index contributed by atoms with van der Waals surface area (Å²) in [5.74, 6) is -1.38. The molecule has 0 aliphatic carbocycles. The van der Waals surface area contributed by atoms with Crippen molar-refractivity contribution >= 4 is 23.2 Å². The van der Waals surface area contributed by atoms with Crippen molar-refractivity contribution in [2.45, 2.75) is 6.92 Å². The third kappa shape index (κ3) is 2.87. The maximum atomic E-state index is 11.2. The number of carboxylic acid groups (broad SMARTS) is 1. The average Bonchev–Trinajstić information content (AvgIpc) is 2.47. The molecule has 0 atom stereocenters. The minimum absolute atomic E-state index is 0.340. The zero-order chi connectivity index (χ0) is 9.84. The van der Waals surface area contributed by atoms with Gasteiger partial charge in [0.15, 0.2) is 0 Å². The molecule has 5 heteroatoms. The molecule has 2 N–H and O–H groups in total. The number of aryl methyl sites for hydroxylation is 1. The molecule has 0 aromatic carbocycles. The molecule has 0 aliphatic rings. The van der Waals surface area contributed by atoms with Crippen molar-refractivity contribution in [1.29, 1.82) is 0 Å². The minimum Gasteiger partial charge on any atom is -0.480 e. The van der Waals surface area contributed by atoms with Crippen LogP contribution in [0.15, 0.2) is 11.4 Å². The van der Waals surface area contributed by atoms with Gasteiger partial charge in [-0.3, -0.25) is 9.59 Å². The second kappa shape index (κ2) is 4.04. The molecule has 0 fully saturated rings. The first-order chi connectivity index (χ1) is 6.09. The molecule has 0 spiro atoms. The largest absolute Gasteiger partial charge is 0.480 e. The lowest BCUT2D eigenvalue weighted by molar-refractivity contribution is -0.135. The average molecular weight is 199 g/mol. The predicted molar refractivity (Wildman–Crippen MR) is 49.0 cm³/mol. The van der Waals surface area contributed by atoms with Gasteiger partial charge >= 0.3 is 5.97 Å². The van der Waals surface area contributed by atoms with Gasteiger partial charge in [0.25, 0.3) is 5.91 Å². The maximum absolute atomic E-state index is 11.2. The highest BCUT2D eigenvalue weighted by Gasteiger charge is 2.07. The lowest BCUT2D eigenvalue weighted by Crippen LogP contribution is -2.28. The van der Waals surface area contributed by atoms with Crippen LogP contribution in [0.2, 0.25) is 0 Å². The fourth-order valence-electron chi connectivity index (χ4n) is 0.820. The number of carboxylic acids is 1. The first kappa shape index (κ1) is 9.73. The van der Waals surface area contributed by atoms with Gasteiger partial charge < -0.3 is 10.4 Å². The van der Waals surface area contributed by atoms with E-state index >= 15 is 0 Å². The zero-order valence-corrected chi connectivity index (χ0v) is 7.85. The molecule has 13 heavy (non-hydrogen) atoms. The van der Waals surface area contributed by atoms with E-state index in [0.717, 1.165) is 4.88 Å². The van der Waals surface area contributed by atoms with E-state index < -0.39 is 5.97 Å². The van der Waals surface area contributed by atoms with E-state index in [9.17, 15) is 9.59 Å². The summed E-state index contributed by atoms with van der Waals surface area (Å²) in [6.07, 6.45) is 0. The van der Waals surface area contributed by atoms with E-state index in [2.05, 4.69) is 5.32 Å². The summed E-state index contributed by atoms with van der Waals surface area (Å²) in [6.45, 7) is 1.55. The second-order valence-corrected chi connectivity index (χ2v) is 3.64. The number of rotatable bonds is 3. The summed E-state index contributed by atoms with van der Waals surface area (Å²) in [6, 6.07) is 1.72. The van der Waals surface area contributed by atoms with Crippen molar-refractivity contribution in [2.75, 3.05) is 6.54 Å². The molecule has 1 aromatic heterocycles. The van der Waals surface area contributed by atoms with Crippen LogP contribution in [-0.4, -0.2) is 23.5 Å². The zero-order valence-electron chi connectivity index (χ0n) is 7.03. The van der Waals surface area contributed by atoms with Gasteiger partial charge in [-0.15, -0.1) is 11.3 Å². The number of amides is 1. The van der Waals surface area contributed by atoms with Gasteiger partial charge in [0.2, 0.25) is 0 Å². The van der Waals surface area contributed by atoms with E-state index in [1.54, 1.807) is 11.4 Å². The Morgan fingerprint density at radius 1 is 1.62 bits per heavy atom. The highest BCUT2D eigenvalue weighted by Crippen LogP contribution is 2.12. The smallest absolute Gasteiger partial charge is 0.322 e. The molecule has 0 aliphatic heterocycles. The van der Waals surface area contributed by atoms with Crippen LogP contribution >= 0.6 is 11.3 Å². The van der Waals surface area contributed by atoms with E-state index in [4.69, 9.17) is 5.11 Å². The van der Waals surface area contributed by atoms with Gasteiger partial charge in [0, 0.05) is 10.3 Å². The summed E-state index contributed by atoms with van der Waals surface area (Å²) in [7, 11) is 0. The van der Waals surface area contributed by atoms with Crippen molar-refractivity contribution in [3.8, 4) is 0 Å². The fraction of sp³-hybridized carbons (Fsp3) is 0.250. The third-order valence-corrected chi connectivity index (χ3v) is 2.25. The van der Waals surface area contributed by atoms with Crippen LogP contribution in [0.5, 0.6) is 0 Å². The summed E-state index contributed by atoms with van der Waals surface area (Å²) in [4.78, 5) is 22.4. The first-order valence-electron chi connectivity index (χ1n) is 3.64. The topological polar surface area (TPSA) is 66.4 Å². The number of nitrogens with one attached hydrogen (secondary N) is 1. The monoisotopic (exact) mass is 199 g/mol. The molecule has 0 bridgehead atoms. The Balaban J connectivity index is 2.54. The van der Waals surface area contributed by atoms with Crippen LogP contribution in [0.1, 0.15) is 15.2 Å². The molecule has 1 rings (SSSR count). The van der Waals surface area contributed by atoms with Crippen molar-refractivity contribution in [3.05, 3.63) is 21.9 Å². The van der Waals surface area contributed by atoms with E-state index in [1.807, 2.05) is 6.92 Å². The molecule has 1 aromatic rings. The molecule has 1 heterocycles. The van der Waals surface area contributed by atoms with Crippen LogP contribution in [0.4, 0.5) is 0 Å². The Morgan fingerprint density at radius 3 is 2.77 bits per heavy atom. The Bertz CT molecular complexity index is 332. The van der Waals surface area contributed by atoms with E-state index in [-0.39, 0.29) is 12.5 Å². The summed E-state index contributed by atoms with van der Waals surface area (Å²) in [5.41, 5.74) is 0.517. The molecule has 0 saturated carbocycles. The SMILES string of the molecule is Cc1cc(C(=O)NCC(=O)O)cs1. The number of carbonyl (C=O) groups is 2. The molecule has 4 nitrogen and oxygen atoms in total. The van der Waals surface area contributed by atoms with Crippen LogP contribution < -0.4 is 5.32 Å². The first-order valence-corrected chi connectivity index (χ1v) is 4.52. The summed E-state index contributed by atoms with van der Waals surface area (Å²) in [5, 5.41) is 12.3.